The number of carbonyl (C=O) groups is 1. The molecule has 23 heavy (non-hydrogen) atoms. The first kappa shape index (κ1) is 18.0. The molecule has 0 aliphatic heterocycles. The fourth-order valence-corrected chi connectivity index (χ4v) is 4.02. The molecule has 0 amide bonds. The Morgan fingerprint density at radius 1 is 1.22 bits per heavy atom. The van der Waals surface area contributed by atoms with Crippen LogP contribution < -0.4 is 0 Å². The molecule has 0 bridgehead atoms. The molecular weight excluding hydrogens is 349 g/mol. The zero-order valence-corrected chi connectivity index (χ0v) is 14.2. The van der Waals surface area contributed by atoms with Gasteiger partial charge >= 0.3 is 19.4 Å². The smallest absolute Gasteiger partial charge is 0.387 e. The molecule has 0 aliphatic rings. The fraction of sp³-hybridized carbons (Fsp3) is 0.357. The zero-order valence-electron chi connectivity index (χ0n) is 12.5. The quantitative estimate of drug-likeness (QED) is 0.518. The Kier molecular flexibility index (Phi) is 5.52. The van der Waals surface area contributed by atoms with Gasteiger partial charge in [-0.1, -0.05) is 18.2 Å². The maximum absolute atomic E-state index is 14.1. The van der Waals surface area contributed by atoms with E-state index in [1.165, 1.54) is 19.9 Å². The Hall–Kier alpha value is -1.34. The van der Waals surface area contributed by atoms with Gasteiger partial charge in [0, 0.05) is 4.70 Å². The van der Waals surface area contributed by atoms with Gasteiger partial charge in [0.05, 0.1) is 13.2 Å². The number of halogens is 2. The maximum atomic E-state index is 14.1. The zero-order chi connectivity index (χ0) is 17.1. The van der Waals surface area contributed by atoms with E-state index in [9.17, 15) is 18.1 Å². The van der Waals surface area contributed by atoms with Gasteiger partial charge in [-0.25, -0.2) is 9.36 Å². The summed E-state index contributed by atoms with van der Waals surface area (Å²) in [6, 6.07) is 8.45. The van der Waals surface area contributed by atoms with Crippen molar-refractivity contribution in [3.05, 3.63) is 35.2 Å². The number of hydrogen-bond donors (Lipinski definition) is 0. The topological polar surface area (TPSA) is 61.8 Å². The van der Waals surface area contributed by atoms with Crippen LogP contribution in [-0.2, 0) is 18.3 Å². The minimum Gasteiger partial charge on any atom is -0.387 e. The van der Waals surface area contributed by atoms with E-state index in [-0.39, 0.29) is 18.1 Å². The van der Waals surface area contributed by atoms with E-state index in [1.54, 1.807) is 24.3 Å². The van der Waals surface area contributed by atoms with Crippen molar-refractivity contribution >= 4 is 35.0 Å². The summed E-state index contributed by atoms with van der Waals surface area (Å²) in [5.41, 5.74) is 0. The highest BCUT2D eigenvalue weighted by molar-refractivity contribution is 7.55. The van der Waals surface area contributed by atoms with Gasteiger partial charge in [0.2, 0.25) is 0 Å². The second-order valence-electron chi connectivity index (χ2n) is 4.36. The predicted molar refractivity (Wildman–Crippen MR) is 83.0 cm³/mol. The van der Waals surface area contributed by atoms with E-state index in [2.05, 4.69) is 13.8 Å². The van der Waals surface area contributed by atoms with Gasteiger partial charge in [-0.15, -0.1) is 11.3 Å². The van der Waals surface area contributed by atoms with Crippen LogP contribution >= 0.6 is 18.9 Å². The molecular formula is C14H15F2O5PS. The number of ether oxygens (including phenoxy) is 1. The van der Waals surface area contributed by atoms with Crippen LogP contribution in [0.25, 0.3) is 10.1 Å². The van der Waals surface area contributed by atoms with E-state index < -0.39 is 19.4 Å². The van der Waals surface area contributed by atoms with Gasteiger partial charge in [0.15, 0.2) is 0 Å². The minimum atomic E-state index is -4.90. The Morgan fingerprint density at radius 3 is 2.39 bits per heavy atom. The second kappa shape index (κ2) is 7.05. The Bertz CT molecular complexity index is 703. The summed E-state index contributed by atoms with van der Waals surface area (Å²) in [6.07, 6.45) is 0. The molecule has 0 atom stereocenters. The molecule has 0 saturated heterocycles. The van der Waals surface area contributed by atoms with E-state index in [4.69, 9.17) is 0 Å². The average molecular weight is 364 g/mol. The highest BCUT2D eigenvalue weighted by atomic mass is 32.1. The van der Waals surface area contributed by atoms with Crippen molar-refractivity contribution in [3.63, 3.8) is 0 Å². The molecule has 1 heterocycles. The summed E-state index contributed by atoms with van der Waals surface area (Å²) >= 11 is 1.00. The number of benzene rings is 1. The van der Waals surface area contributed by atoms with Gasteiger partial charge in [0.1, 0.15) is 4.88 Å². The van der Waals surface area contributed by atoms with E-state index in [0.29, 0.717) is 0 Å². The lowest BCUT2D eigenvalue weighted by molar-refractivity contribution is -0.150. The summed E-state index contributed by atoms with van der Waals surface area (Å²) in [6.45, 7) is 2.23. The second-order valence-corrected chi connectivity index (χ2v) is 7.47. The normalized spacial score (nSPS) is 12.5. The molecule has 0 N–H and O–H groups in total. The molecule has 5 nitrogen and oxygen atoms in total. The first-order valence-electron chi connectivity index (χ1n) is 6.82. The number of alkyl halides is 2. The van der Waals surface area contributed by atoms with Gasteiger partial charge in [-0.3, -0.25) is 0 Å². The van der Waals surface area contributed by atoms with E-state index in [0.717, 1.165) is 21.4 Å². The molecule has 1 aromatic carbocycles. The molecule has 0 aliphatic carbocycles. The third-order valence-corrected chi connectivity index (χ3v) is 5.78. The first-order chi connectivity index (χ1) is 10.8. The van der Waals surface area contributed by atoms with Crippen molar-refractivity contribution in [1.82, 2.24) is 0 Å². The van der Waals surface area contributed by atoms with Crippen molar-refractivity contribution in [2.75, 3.05) is 13.2 Å². The van der Waals surface area contributed by atoms with Crippen LogP contribution in [0.4, 0.5) is 8.78 Å². The average Bonchev–Trinajstić information content (AvgIpc) is 2.91. The molecule has 126 valence electrons. The third-order valence-electron chi connectivity index (χ3n) is 2.76. The molecule has 1 aromatic heterocycles. The van der Waals surface area contributed by atoms with Gasteiger partial charge in [0.25, 0.3) is 0 Å². The van der Waals surface area contributed by atoms with Crippen LogP contribution in [-0.4, -0.2) is 25.0 Å². The van der Waals surface area contributed by atoms with Crippen LogP contribution in [0.2, 0.25) is 0 Å². The van der Waals surface area contributed by atoms with Gasteiger partial charge < -0.3 is 13.8 Å². The molecule has 0 unspecified atom stereocenters. The van der Waals surface area contributed by atoms with Crippen molar-refractivity contribution < 1.29 is 31.9 Å². The predicted octanol–water partition coefficient (Wildman–Crippen LogP) is 4.87. The van der Waals surface area contributed by atoms with Gasteiger partial charge in [-0.05, 0) is 31.4 Å². The number of thiophene rings is 1. The summed E-state index contributed by atoms with van der Waals surface area (Å²) in [5, 5.41) is 0.727. The third kappa shape index (κ3) is 3.77. The summed E-state index contributed by atoms with van der Waals surface area (Å²) in [5.74, 6) is -5.65. The van der Waals surface area contributed by atoms with Crippen LogP contribution in [0.5, 0.6) is 0 Å². The Morgan fingerprint density at radius 2 is 1.83 bits per heavy atom. The molecule has 9 heteroatoms. The molecule has 0 saturated carbocycles. The van der Waals surface area contributed by atoms with Gasteiger partial charge in [-0.2, -0.15) is 8.78 Å². The highest BCUT2D eigenvalue weighted by Gasteiger charge is 2.58. The van der Waals surface area contributed by atoms with Crippen LogP contribution in [0, 0.1) is 0 Å². The lowest BCUT2D eigenvalue weighted by Crippen LogP contribution is -2.27. The largest absolute Gasteiger partial charge is 0.506 e. The van der Waals surface area contributed by atoms with Crippen molar-refractivity contribution in [3.8, 4) is 0 Å². The minimum absolute atomic E-state index is 0.0228. The summed E-state index contributed by atoms with van der Waals surface area (Å²) < 4.78 is 54.3. The number of carbonyl (C=O) groups excluding carboxylic acids is 1. The number of hydrogen-bond acceptors (Lipinski definition) is 6. The molecule has 0 fully saturated rings. The summed E-state index contributed by atoms with van der Waals surface area (Å²) in [4.78, 5) is 11.9. The lowest BCUT2D eigenvalue weighted by Gasteiger charge is -2.24. The molecule has 0 radical (unpaired) electrons. The van der Waals surface area contributed by atoms with E-state index >= 15 is 0 Å². The van der Waals surface area contributed by atoms with Crippen LogP contribution in [0.1, 0.15) is 23.5 Å². The van der Waals surface area contributed by atoms with Crippen molar-refractivity contribution in [2.45, 2.75) is 19.7 Å². The number of fused-ring (bicyclic) bond motifs is 1. The van der Waals surface area contributed by atoms with Crippen molar-refractivity contribution in [1.29, 1.82) is 0 Å². The monoisotopic (exact) mass is 364 g/mol. The van der Waals surface area contributed by atoms with Crippen molar-refractivity contribution in [2.24, 2.45) is 0 Å². The highest BCUT2D eigenvalue weighted by Crippen LogP contribution is 2.62. The number of esters is 1. The van der Waals surface area contributed by atoms with Crippen LogP contribution in [0.3, 0.4) is 0 Å². The van der Waals surface area contributed by atoms with E-state index in [1.807, 2.05) is 0 Å². The first-order valence-corrected chi connectivity index (χ1v) is 9.18. The maximum Gasteiger partial charge on any atom is 0.506 e. The number of rotatable bonds is 7. The molecule has 2 rings (SSSR count). The van der Waals surface area contributed by atoms with Crippen LogP contribution in [0.15, 0.2) is 30.3 Å². The molecule has 2 aromatic rings. The Labute approximate surface area is 135 Å². The fourth-order valence-electron chi connectivity index (χ4n) is 1.83. The Balaban J connectivity index is 2.24. The lowest BCUT2D eigenvalue weighted by atomic mass is 10.2. The summed E-state index contributed by atoms with van der Waals surface area (Å²) in [7, 11) is -4.90. The molecule has 0 spiro atoms. The SMILES string of the molecule is CCOP(=O)(OCC)C(F)(F)OC(=O)c1cc2ccccc2s1. The standard InChI is InChI=1S/C14H15F2O5PS/c1-3-19-22(18,20-4-2)14(15,16)21-13(17)12-9-10-7-5-6-8-11(10)23-12/h5-9H,3-4H2,1-2H3.